The molecule has 0 amide bonds. The van der Waals surface area contributed by atoms with Gasteiger partial charge in [-0.2, -0.15) is 0 Å². The molecule has 0 aromatic carbocycles. The Balaban J connectivity index is 2.89. The van der Waals surface area contributed by atoms with Crippen LogP contribution in [0, 0.1) is 0 Å². The molecule has 1 rings (SSSR count). The first-order valence-electron chi connectivity index (χ1n) is 4.02. The molecule has 0 aliphatic rings. The number of quaternary nitrogens is 1. The van der Waals surface area contributed by atoms with Crippen LogP contribution < -0.4 is 4.48 Å². The van der Waals surface area contributed by atoms with Crippen molar-refractivity contribution in [2.24, 2.45) is 0 Å². The molecule has 12 heavy (non-hydrogen) atoms. The average Bonchev–Trinajstić information content (AvgIpc) is 2.06. The molecular weight excluding hydrogens is 148 g/mol. The van der Waals surface area contributed by atoms with E-state index in [1.54, 1.807) is 0 Å². The Hall–Kier alpha value is -1.15. The maximum atomic E-state index is 4.29. The lowest BCUT2D eigenvalue weighted by Gasteiger charge is -2.25. The van der Waals surface area contributed by atoms with Gasteiger partial charge in [-0.1, -0.05) is 12.6 Å². The van der Waals surface area contributed by atoms with Crippen molar-refractivity contribution in [3.8, 4) is 0 Å². The van der Waals surface area contributed by atoms with E-state index in [9.17, 15) is 0 Å². The van der Waals surface area contributed by atoms with Gasteiger partial charge in [-0.25, -0.2) is 4.98 Å². The molecule has 0 spiro atoms. The zero-order chi connectivity index (χ0) is 9.03. The molecule has 0 bridgehead atoms. The lowest BCUT2D eigenvalue weighted by Crippen LogP contribution is -2.41. The van der Waals surface area contributed by atoms with E-state index in [1.807, 2.05) is 30.5 Å². The van der Waals surface area contributed by atoms with Gasteiger partial charge in [0, 0.05) is 12.3 Å². The smallest absolute Gasteiger partial charge is 0.227 e. The molecule has 0 saturated heterocycles. The number of hydrogen-bond acceptors (Lipinski definition) is 1. The number of pyridine rings is 1. The molecule has 0 radical (unpaired) electrons. The van der Waals surface area contributed by atoms with Crippen LogP contribution in [0.25, 0.3) is 0 Å². The Morgan fingerprint density at radius 1 is 1.50 bits per heavy atom. The molecule has 64 valence electrons. The van der Waals surface area contributed by atoms with Gasteiger partial charge in [-0.15, -0.1) is 0 Å². The molecule has 1 aromatic rings. The topological polar surface area (TPSA) is 12.9 Å². The van der Waals surface area contributed by atoms with Crippen molar-refractivity contribution in [3.05, 3.63) is 37.1 Å². The number of likely N-dealkylation sites (N-methyl/N-ethyl adjacent to an activating group) is 1. The van der Waals surface area contributed by atoms with Crippen LogP contribution in [-0.2, 0) is 0 Å². The molecule has 0 aliphatic carbocycles. The van der Waals surface area contributed by atoms with Crippen molar-refractivity contribution in [1.29, 1.82) is 0 Å². The van der Waals surface area contributed by atoms with Crippen molar-refractivity contribution >= 4 is 5.82 Å². The molecule has 2 nitrogen and oxygen atoms in total. The van der Waals surface area contributed by atoms with Crippen LogP contribution in [-0.4, -0.2) is 25.6 Å². The quantitative estimate of drug-likeness (QED) is 0.489. The predicted octanol–water partition coefficient (Wildman–Crippen LogP) is 1.83. The summed E-state index contributed by atoms with van der Waals surface area (Å²) in [5, 5.41) is 0. The molecule has 1 heterocycles. The highest BCUT2D eigenvalue weighted by molar-refractivity contribution is 5.32. The van der Waals surface area contributed by atoms with Gasteiger partial charge in [0.05, 0.1) is 14.1 Å². The molecule has 1 aromatic heterocycles. The Morgan fingerprint density at radius 2 is 2.25 bits per heavy atom. The summed E-state index contributed by atoms with van der Waals surface area (Å²) in [4.78, 5) is 4.29. The van der Waals surface area contributed by atoms with Crippen LogP contribution in [0.1, 0.15) is 0 Å². The van der Waals surface area contributed by atoms with Gasteiger partial charge in [0.25, 0.3) is 0 Å². The Morgan fingerprint density at radius 3 is 2.75 bits per heavy atom. The van der Waals surface area contributed by atoms with Gasteiger partial charge in [0.15, 0.2) is 0 Å². The van der Waals surface area contributed by atoms with E-state index in [0.717, 1.165) is 16.8 Å². The number of rotatable bonds is 3. The van der Waals surface area contributed by atoms with Gasteiger partial charge in [-0.05, 0) is 12.1 Å². The summed E-state index contributed by atoms with van der Waals surface area (Å²) in [6, 6.07) is 5.96. The van der Waals surface area contributed by atoms with E-state index >= 15 is 0 Å². The van der Waals surface area contributed by atoms with Crippen molar-refractivity contribution in [1.82, 2.24) is 9.47 Å². The molecule has 0 atom stereocenters. The summed E-state index contributed by atoms with van der Waals surface area (Å²) in [6.45, 7) is 4.63. The normalized spacial score (nSPS) is 11.2. The monoisotopic (exact) mass is 163 g/mol. The maximum absolute atomic E-state index is 4.29. The highest BCUT2D eigenvalue weighted by atomic mass is 15.3. The summed E-state index contributed by atoms with van der Waals surface area (Å²) >= 11 is 0. The standard InChI is InChI=1S/C10H15N2/c1-4-9-12(2,3)10-7-5-6-8-11-10/h4-8H,1,9H2,2-3H3/q+1. The van der Waals surface area contributed by atoms with Crippen molar-refractivity contribution in [2.45, 2.75) is 0 Å². The van der Waals surface area contributed by atoms with Crippen LogP contribution in [0.2, 0.25) is 0 Å². The molecular formula is C10H15N2+. The van der Waals surface area contributed by atoms with Crippen molar-refractivity contribution in [2.75, 3.05) is 20.6 Å². The number of aromatic nitrogens is 1. The van der Waals surface area contributed by atoms with E-state index in [4.69, 9.17) is 0 Å². The van der Waals surface area contributed by atoms with Gasteiger partial charge in [0.1, 0.15) is 6.54 Å². The van der Waals surface area contributed by atoms with E-state index in [0.29, 0.717) is 0 Å². The minimum Gasteiger partial charge on any atom is -0.276 e. The zero-order valence-electron chi connectivity index (χ0n) is 7.70. The molecule has 0 aliphatic heterocycles. The molecule has 0 N–H and O–H groups in total. The van der Waals surface area contributed by atoms with E-state index < -0.39 is 0 Å². The lowest BCUT2D eigenvalue weighted by molar-refractivity contribution is 0.430. The van der Waals surface area contributed by atoms with Crippen LogP contribution in [0.15, 0.2) is 37.1 Å². The molecule has 0 fully saturated rings. The second-order valence-electron chi connectivity index (χ2n) is 3.34. The lowest BCUT2D eigenvalue weighted by atomic mass is 10.4. The van der Waals surface area contributed by atoms with Crippen molar-refractivity contribution in [3.63, 3.8) is 0 Å². The third kappa shape index (κ3) is 1.92. The first kappa shape index (κ1) is 8.94. The van der Waals surface area contributed by atoms with Gasteiger partial charge >= 0.3 is 0 Å². The van der Waals surface area contributed by atoms with E-state index in [1.165, 1.54) is 0 Å². The Kier molecular flexibility index (Phi) is 2.61. The minimum absolute atomic E-state index is 0.754. The zero-order valence-corrected chi connectivity index (χ0v) is 7.70. The Labute approximate surface area is 73.8 Å². The van der Waals surface area contributed by atoms with E-state index in [2.05, 4.69) is 25.7 Å². The van der Waals surface area contributed by atoms with Crippen molar-refractivity contribution < 1.29 is 0 Å². The average molecular weight is 163 g/mol. The second kappa shape index (κ2) is 3.50. The van der Waals surface area contributed by atoms with E-state index in [-0.39, 0.29) is 0 Å². The molecule has 0 unspecified atom stereocenters. The third-order valence-electron chi connectivity index (χ3n) is 1.86. The van der Waals surface area contributed by atoms with Gasteiger partial charge in [-0.3, -0.25) is 4.48 Å². The maximum Gasteiger partial charge on any atom is 0.227 e. The molecule has 0 saturated carbocycles. The fraction of sp³-hybridized carbons (Fsp3) is 0.300. The highest BCUT2D eigenvalue weighted by Crippen LogP contribution is 2.13. The van der Waals surface area contributed by atoms with Crippen LogP contribution in [0.5, 0.6) is 0 Å². The SMILES string of the molecule is C=CC[N+](C)(C)c1ccccn1. The van der Waals surface area contributed by atoms with Crippen LogP contribution >= 0.6 is 0 Å². The molecule has 2 heteroatoms. The first-order chi connectivity index (χ1) is 5.67. The number of nitrogens with zero attached hydrogens (tertiary/aromatic N) is 2. The largest absolute Gasteiger partial charge is 0.276 e. The predicted molar refractivity (Wildman–Crippen MR) is 52.9 cm³/mol. The van der Waals surface area contributed by atoms with Crippen LogP contribution in [0.4, 0.5) is 5.82 Å². The third-order valence-corrected chi connectivity index (χ3v) is 1.86. The van der Waals surface area contributed by atoms with Crippen LogP contribution in [0.3, 0.4) is 0 Å². The fourth-order valence-electron chi connectivity index (χ4n) is 1.13. The van der Waals surface area contributed by atoms with Gasteiger partial charge < -0.3 is 0 Å². The summed E-state index contributed by atoms with van der Waals surface area (Å²) < 4.78 is 0.754. The van der Waals surface area contributed by atoms with Gasteiger partial charge in [0.2, 0.25) is 5.82 Å². The highest BCUT2D eigenvalue weighted by Gasteiger charge is 2.17. The summed E-state index contributed by atoms with van der Waals surface area (Å²) in [5.41, 5.74) is 0. The minimum atomic E-state index is 0.754. The summed E-state index contributed by atoms with van der Waals surface area (Å²) in [7, 11) is 4.23. The summed E-state index contributed by atoms with van der Waals surface area (Å²) in [6.07, 6.45) is 3.73. The second-order valence-corrected chi connectivity index (χ2v) is 3.34. The summed E-state index contributed by atoms with van der Waals surface area (Å²) in [5.74, 6) is 1.07. The Bertz CT molecular complexity index is 252. The first-order valence-corrected chi connectivity index (χ1v) is 4.02. The number of hydrogen-bond donors (Lipinski definition) is 0. The fourth-order valence-corrected chi connectivity index (χ4v) is 1.13.